The van der Waals surface area contributed by atoms with Crippen LogP contribution >= 0.6 is 11.8 Å². The average molecular weight is 386 g/mol. The van der Waals surface area contributed by atoms with E-state index in [1.165, 1.54) is 30.3 Å². The molecule has 0 N–H and O–H groups in total. The smallest absolute Gasteiger partial charge is 0.233 e. The maximum absolute atomic E-state index is 13.0. The van der Waals surface area contributed by atoms with Gasteiger partial charge in [0.25, 0.3) is 0 Å². The fourth-order valence-corrected chi connectivity index (χ4v) is 6.29. The van der Waals surface area contributed by atoms with Crippen molar-refractivity contribution in [2.24, 2.45) is 0 Å². The quantitative estimate of drug-likeness (QED) is 0.730. The highest BCUT2D eigenvalue weighted by molar-refractivity contribution is 8.00. The van der Waals surface area contributed by atoms with Crippen LogP contribution in [0.1, 0.15) is 38.5 Å². The third-order valence-corrected chi connectivity index (χ3v) is 7.78. The molecule has 1 saturated carbocycles. The lowest BCUT2D eigenvalue weighted by atomic mass is 9.93. The molecule has 1 saturated heterocycles. The van der Waals surface area contributed by atoms with Crippen LogP contribution in [-0.2, 0) is 14.6 Å². The Kier molecular flexibility index (Phi) is 6.04. The number of carbonyl (C=O) groups is 1. The summed E-state index contributed by atoms with van der Waals surface area (Å²) >= 11 is 1.38. The fourth-order valence-electron chi connectivity index (χ4n) is 3.81. The molecule has 3 rings (SSSR count). The van der Waals surface area contributed by atoms with E-state index in [0.29, 0.717) is 6.42 Å². The van der Waals surface area contributed by atoms with Crippen molar-refractivity contribution in [3.63, 3.8) is 0 Å². The number of thioether (sulfide) groups is 1. The summed E-state index contributed by atoms with van der Waals surface area (Å²) in [6.45, 7) is 0. The van der Waals surface area contributed by atoms with Crippen molar-refractivity contribution >= 4 is 27.5 Å². The molecule has 0 aromatic heterocycles. The summed E-state index contributed by atoms with van der Waals surface area (Å²) in [4.78, 5) is 15.6. The Labute approximate surface area is 153 Å². The molecule has 1 aliphatic heterocycles. The Balaban J connectivity index is 1.69. The standard InChI is InChI=1S/C18H24FNO3S2/c19-14-6-8-17(9-7-14)24-12-18(21)20(15-4-2-1-3-5-15)16-10-11-25(22,23)13-16/h6-9,15-16H,1-5,10-13H2. The number of hydrogen-bond donors (Lipinski definition) is 0. The van der Waals surface area contributed by atoms with Crippen LogP contribution < -0.4 is 0 Å². The summed E-state index contributed by atoms with van der Waals surface area (Å²) in [5.74, 6) is 0.244. The summed E-state index contributed by atoms with van der Waals surface area (Å²) in [5, 5.41) is 0. The highest BCUT2D eigenvalue weighted by Gasteiger charge is 2.38. The van der Waals surface area contributed by atoms with Crippen molar-refractivity contribution in [3.05, 3.63) is 30.1 Å². The molecule has 1 aliphatic carbocycles. The van der Waals surface area contributed by atoms with Crippen LogP contribution in [0.2, 0.25) is 0 Å². The molecule has 25 heavy (non-hydrogen) atoms. The predicted octanol–water partition coefficient (Wildman–Crippen LogP) is 3.27. The highest BCUT2D eigenvalue weighted by Crippen LogP contribution is 2.29. The Morgan fingerprint density at radius 2 is 1.76 bits per heavy atom. The van der Waals surface area contributed by atoms with Gasteiger partial charge in [0.15, 0.2) is 9.84 Å². The number of carbonyl (C=O) groups excluding carboxylic acids is 1. The Bertz CT molecular complexity index is 700. The monoisotopic (exact) mass is 385 g/mol. The fraction of sp³-hybridized carbons (Fsp3) is 0.611. The molecule has 1 unspecified atom stereocenters. The van der Waals surface area contributed by atoms with E-state index in [0.717, 1.165) is 30.6 Å². The van der Waals surface area contributed by atoms with Crippen LogP contribution in [0.5, 0.6) is 0 Å². The molecule has 1 amide bonds. The summed E-state index contributed by atoms with van der Waals surface area (Å²) in [6, 6.07) is 6.07. The lowest BCUT2D eigenvalue weighted by Crippen LogP contribution is -2.49. The van der Waals surface area contributed by atoms with E-state index in [1.54, 1.807) is 12.1 Å². The zero-order valence-electron chi connectivity index (χ0n) is 14.2. The zero-order valence-corrected chi connectivity index (χ0v) is 15.8. The Morgan fingerprint density at radius 1 is 1.08 bits per heavy atom. The Morgan fingerprint density at radius 3 is 2.36 bits per heavy atom. The van der Waals surface area contributed by atoms with Crippen LogP contribution in [0.15, 0.2) is 29.2 Å². The number of rotatable bonds is 5. The maximum Gasteiger partial charge on any atom is 0.233 e. The largest absolute Gasteiger partial charge is 0.335 e. The molecule has 0 spiro atoms. The van der Waals surface area contributed by atoms with Crippen molar-refractivity contribution < 1.29 is 17.6 Å². The molecule has 2 fully saturated rings. The van der Waals surface area contributed by atoms with Crippen molar-refractivity contribution in [2.45, 2.75) is 55.5 Å². The molecular weight excluding hydrogens is 361 g/mol. The van der Waals surface area contributed by atoms with E-state index in [4.69, 9.17) is 0 Å². The lowest BCUT2D eigenvalue weighted by molar-refractivity contribution is -0.133. The number of sulfone groups is 1. The van der Waals surface area contributed by atoms with E-state index in [1.807, 2.05) is 4.90 Å². The minimum atomic E-state index is -3.03. The van der Waals surface area contributed by atoms with Gasteiger partial charge >= 0.3 is 0 Å². The molecule has 1 atom stereocenters. The van der Waals surface area contributed by atoms with Crippen molar-refractivity contribution in [1.82, 2.24) is 4.90 Å². The summed E-state index contributed by atoms with van der Waals surface area (Å²) in [7, 11) is -3.03. The summed E-state index contributed by atoms with van der Waals surface area (Å²) < 4.78 is 36.8. The molecule has 1 heterocycles. The number of nitrogens with zero attached hydrogens (tertiary/aromatic N) is 1. The topological polar surface area (TPSA) is 54.5 Å². The number of halogens is 1. The van der Waals surface area contributed by atoms with Gasteiger partial charge in [0.2, 0.25) is 5.91 Å². The second kappa shape index (κ2) is 8.08. The van der Waals surface area contributed by atoms with Gasteiger partial charge in [0.05, 0.1) is 17.3 Å². The van der Waals surface area contributed by atoms with Gasteiger partial charge in [0, 0.05) is 17.0 Å². The van der Waals surface area contributed by atoms with E-state index >= 15 is 0 Å². The van der Waals surface area contributed by atoms with Crippen molar-refractivity contribution in [3.8, 4) is 0 Å². The number of benzene rings is 1. The van der Waals surface area contributed by atoms with Crippen LogP contribution in [0.25, 0.3) is 0 Å². The van der Waals surface area contributed by atoms with E-state index in [9.17, 15) is 17.6 Å². The van der Waals surface area contributed by atoms with Crippen LogP contribution in [0, 0.1) is 5.82 Å². The third kappa shape index (κ3) is 4.97. The first-order valence-electron chi connectivity index (χ1n) is 8.84. The lowest BCUT2D eigenvalue weighted by Gasteiger charge is -2.38. The maximum atomic E-state index is 13.0. The second-order valence-electron chi connectivity index (χ2n) is 6.89. The molecule has 2 aliphatic rings. The molecule has 1 aromatic rings. The number of amides is 1. The third-order valence-electron chi connectivity index (χ3n) is 5.03. The zero-order chi connectivity index (χ0) is 17.9. The van der Waals surface area contributed by atoms with Gasteiger partial charge in [-0.2, -0.15) is 0 Å². The first-order chi connectivity index (χ1) is 11.9. The number of hydrogen-bond acceptors (Lipinski definition) is 4. The first kappa shape index (κ1) is 18.7. The van der Waals surface area contributed by atoms with E-state index in [-0.39, 0.29) is 41.1 Å². The molecular formula is C18H24FNO3S2. The van der Waals surface area contributed by atoms with Gasteiger partial charge in [-0.05, 0) is 43.5 Å². The molecule has 0 bridgehead atoms. The Hall–Kier alpha value is -1.08. The predicted molar refractivity (Wildman–Crippen MR) is 97.9 cm³/mol. The molecule has 138 valence electrons. The van der Waals surface area contributed by atoms with E-state index in [2.05, 4.69) is 0 Å². The molecule has 7 heteroatoms. The van der Waals surface area contributed by atoms with Crippen molar-refractivity contribution in [2.75, 3.05) is 17.3 Å². The molecule has 4 nitrogen and oxygen atoms in total. The van der Waals surface area contributed by atoms with Crippen LogP contribution in [-0.4, -0.2) is 48.6 Å². The highest BCUT2D eigenvalue weighted by atomic mass is 32.2. The average Bonchev–Trinajstić information content (AvgIpc) is 2.95. The first-order valence-corrected chi connectivity index (χ1v) is 11.7. The van der Waals surface area contributed by atoms with Gasteiger partial charge < -0.3 is 4.90 Å². The second-order valence-corrected chi connectivity index (χ2v) is 10.2. The summed E-state index contributed by atoms with van der Waals surface area (Å²) in [5.41, 5.74) is 0. The van der Waals surface area contributed by atoms with E-state index < -0.39 is 9.84 Å². The van der Waals surface area contributed by atoms with Gasteiger partial charge in [-0.15, -0.1) is 11.8 Å². The molecule has 0 radical (unpaired) electrons. The molecule has 1 aromatic carbocycles. The van der Waals surface area contributed by atoms with Gasteiger partial charge in [0.1, 0.15) is 5.82 Å². The normalized spacial score (nSPS) is 23.5. The van der Waals surface area contributed by atoms with Crippen LogP contribution in [0.4, 0.5) is 4.39 Å². The van der Waals surface area contributed by atoms with Gasteiger partial charge in [-0.25, -0.2) is 12.8 Å². The SMILES string of the molecule is O=C(CSc1ccc(F)cc1)N(C1CCCCC1)C1CCS(=O)(=O)C1. The summed E-state index contributed by atoms with van der Waals surface area (Å²) in [6.07, 6.45) is 5.85. The minimum absolute atomic E-state index is 0.00308. The van der Waals surface area contributed by atoms with Crippen molar-refractivity contribution in [1.29, 1.82) is 0 Å². The van der Waals surface area contributed by atoms with Gasteiger partial charge in [-0.1, -0.05) is 19.3 Å². The van der Waals surface area contributed by atoms with Crippen LogP contribution in [0.3, 0.4) is 0 Å². The van der Waals surface area contributed by atoms with Gasteiger partial charge in [-0.3, -0.25) is 4.79 Å². The minimum Gasteiger partial charge on any atom is -0.335 e.